The van der Waals surface area contributed by atoms with Crippen LogP contribution < -0.4 is 4.74 Å². The molecule has 0 radical (unpaired) electrons. The number of nitrogens with zero attached hydrogens (tertiary/aromatic N) is 3. The van der Waals surface area contributed by atoms with Gasteiger partial charge in [0, 0.05) is 32.2 Å². The summed E-state index contributed by atoms with van der Waals surface area (Å²) in [6.45, 7) is 2.70. The van der Waals surface area contributed by atoms with Crippen LogP contribution in [-0.2, 0) is 15.3 Å². The lowest BCUT2D eigenvalue weighted by molar-refractivity contribution is -0.0720. The van der Waals surface area contributed by atoms with E-state index in [9.17, 15) is 22.0 Å². The van der Waals surface area contributed by atoms with E-state index in [1.54, 1.807) is 4.90 Å². The van der Waals surface area contributed by atoms with Gasteiger partial charge in [-0.15, -0.1) is 0 Å². The van der Waals surface area contributed by atoms with Gasteiger partial charge in [0.15, 0.2) is 21.8 Å². The number of ether oxygens (including phenoxy) is 1. The first-order valence-electron chi connectivity index (χ1n) is 10.9. The number of rotatable bonds is 7. The van der Waals surface area contributed by atoms with Gasteiger partial charge >= 0.3 is 0 Å². The van der Waals surface area contributed by atoms with Crippen LogP contribution in [0.3, 0.4) is 0 Å². The van der Waals surface area contributed by atoms with Crippen LogP contribution in [0.4, 0.5) is 8.78 Å². The molecule has 2 saturated carbocycles. The molecule has 3 unspecified atom stereocenters. The Bertz CT molecular complexity index is 1220. The molecule has 8 nitrogen and oxygen atoms in total. The molecule has 33 heavy (non-hydrogen) atoms. The molecule has 2 heterocycles. The fraction of sp³-hybridized carbons (Fsp3) is 0.591. The SMILES string of the molecule is CC(Oc1ccc(S(C)(=O)=O)cc1C(=O)N1CC2CC2(c2nc(C3CC3)no2)C1)C(C)(F)F. The quantitative estimate of drug-likeness (QED) is 0.598. The molecule has 2 aromatic rings. The predicted octanol–water partition coefficient (Wildman–Crippen LogP) is 3.19. The minimum Gasteiger partial charge on any atom is -0.484 e. The van der Waals surface area contributed by atoms with E-state index in [4.69, 9.17) is 9.26 Å². The summed E-state index contributed by atoms with van der Waals surface area (Å²) in [7, 11) is -3.62. The third-order valence-corrected chi connectivity index (χ3v) is 7.98. The maximum absolute atomic E-state index is 13.7. The molecule has 3 fully saturated rings. The minimum atomic E-state index is -3.62. The number of carbonyl (C=O) groups excluding carboxylic acids is 1. The average Bonchev–Trinajstić information content (AvgIpc) is 3.61. The molecule has 1 aromatic carbocycles. The molecule has 1 aromatic heterocycles. The van der Waals surface area contributed by atoms with E-state index in [0.29, 0.717) is 30.7 Å². The molecule has 0 N–H and O–H groups in total. The van der Waals surface area contributed by atoms with Crippen molar-refractivity contribution in [2.24, 2.45) is 5.92 Å². The minimum absolute atomic E-state index is 0.0605. The van der Waals surface area contributed by atoms with Crippen molar-refractivity contribution >= 4 is 15.7 Å². The van der Waals surface area contributed by atoms with Crippen molar-refractivity contribution in [2.45, 2.75) is 61.4 Å². The maximum atomic E-state index is 13.7. The smallest absolute Gasteiger partial charge is 0.281 e. The van der Waals surface area contributed by atoms with Crippen LogP contribution in [0.1, 0.15) is 61.1 Å². The van der Waals surface area contributed by atoms with Crippen LogP contribution in [0.25, 0.3) is 0 Å². The number of piperidine rings is 1. The van der Waals surface area contributed by atoms with Gasteiger partial charge in [-0.1, -0.05) is 5.16 Å². The van der Waals surface area contributed by atoms with Gasteiger partial charge < -0.3 is 14.2 Å². The molecule has 5 rings (SSSR count). The summed E-state index contributed by atoms with van der Waals surface area (Å²) >= 11 is 0. The first-order valence-corrected chi connectivity index (χ1v) is 12.8. The number of carbonyl (C=O) groups is 1. The first kappa shape index (κ1) is 22.2. The number of alkyl halides is 2. The van der Waals surface area contributed by atoms with E-state index in [1.807, 2.05) is 0 Å². The summed E-state index contributed by atoms with van der Waals surface area (Å²) in [4.78, 5) is 19.5. The molecule has 3 aliphatic rings. The molecule has 1 aliphatic heterocycles. The van der Waals surface area contributed by atoms with Gasteiger partial charge in [-0.25, -0.2) is 17.2 Å². The summed E-state index contributed by atoms with van der Waals surface area (Å²) in [5.74, 6) is -1.94. The van der Waals surface area contributed by atoms with E-state index >= 15 is 0 Å². The molecule has 0 bridgehead atoms. The zero-order chi connectivity index (χ0) is 23.8. The number of sulfone groups is 1. The predicted molar refractivity (Wildman–Crippen MR) is 112 cm³/mol. The Morgan fingerprint density at radius 3 is 2.73 bits per heavy atom. The van der Waals surface area contributed by atoms with Crippen LogP contribution in [0, 0.1) is 5.92 Å². The second-order valence-corrected chi connectivity index (χ2v) is 11.6. The summed E-state index contributed by atoms with van der Waals surface area (Å²) < 4.78 is 62.5. The average molecular weight is 482 g/mol. The van der Waals surface area contributed by atoms with Gasteiger partial charge in [-0.3, -0.25) is 4.79 Å². The molecule has 178 valence electrons. The van der Waals surface area contributed by atoms with Crippen molar-refractivity contribution in [1.82, 2.24) is 15.0 Å². The number of hydrogen-bond acceptors (Lipinski definition) is 7. The number of amides is 1. The molecular weight excluding hydrogens is 456 g/mol. The van der Waals surface area contributed by atoms with Crippen LogP contribution in [0.5, 0.6) is 5.75 Å². The number of halogens is 2. The third-order valence-electron chi connectivity index (χ3n) is 6.87. The van der Waals surface area contributed by atoms with E-state index < -0.39 is 33.2 Å². The van der Waals surface area contributed by atoms with Gasteiger partial charge in [0.05, 0.1) is 15.9 Å². The second kappa shape index (κ2) is 7.22. The lowest BCUT2D eigenvalue weighted by Gasteiger charge is -2.25. The lowest BCUT2D eigenvalue weighted by Crippen LogP contribution is -2.35. The molecule has 1 amide bonds. The first-order chi connectivity index (χ1) is 15.4. The standard InChI is InChI=1S/C22H25F2N3O5S/c1-12(21(2,23)24)31-17-7-6-15(33(3,29)30)8-16(17)19(28)27-10-14-9-22(14,11-27)20-25-18(26-32-20)13-4-5-13/h6-8,12-14H,4-5,9-11H2,1-3H3. The summed E-state index contributed by atoms with van der Waals surface area (Å²) in [6, 6.07) is 3.71. The molecule has 3 atom stereocenters. The van der Waals surface area contributed by atoms with Gasteiger partial charge in [-0.05, 0) is 50.3 Å². The van der Waals surface area contributed by atoms with E-state index in [2.05, 4.69) is 10.1 Å². The Morgan fingerprint density at radius 1 is 1.36 bits per heavy atom. The van der Waals surface area contributed by atoms with Crippen molar-refractivity contribution in [1.29, 1.82) is 0 Å². The molecular formula is C22H25F2N3O5S. The Hall–Kier alpha value is -2.56. The van der Waals surface area contributed by atoms with Crippen LogP contribution >= 0.6 is 0 Å². The molecule has 1 saturated heterocycles. The number of likely N-dealkylation sites (tertiary alicyclic amines) is 1. The number of aromatic nitrogens is 2. The maximum Gasteiger partial charge on any atom is 0.281 e. The Balaban J connectivity index is 1.42. The molecule has 0 spiro atoms. The van der Waals surface area contributed by atoms with E-state index in [0.717, 1.165) is 32.4 Å². The van der Waals surface area contributed by atoms with Crippen molar-refractivity contribution in [3.8, 4) is 5.75 Å². The zero-order valence-corrected chi connectivity index (χ0v) is 19.4. The molecule has 11 heteroatoms. The topological polar surface area (TPSA) is 103 Å². The summed E-state index contributed by atoms with van der Waals surface area (Å²) in [5.41, 5.74) is -0.454. The lowest BCUT2D eigenvalue weighted by atomic mass is 10.1. The van der Waals surface area contributed by atoms with Gasteiger partial charge in [-0.2, -0.15) is 4.98 Å². The zero-order valence-electron chi connectivity index (χ0n) is 18.5. The largest absolute Gasteiger partial charge is 0.484 e. The van der Waals surface area contributed by atoms with E-state index in [-0.39, 0.29) is 22.1 Å². The highest BCUT2D eigenvalue weighted by atomic mass is 32.2. The number of benzene rings is 1. The second-order valence-electron chi connectivity index (χ2n) is 9.62. The van der Waals surface area contributed by atoms with Gasteiger partial charge in [0.1, 0.15) is 5.75 Å². The van der Waals surface area contributed by atoms with Gasteiger partial charge in [0.2, 0.25) is 5.89 Å². The van der Waals surface area contributed by atoms with Crippen molar-refractivity contribution in [3.63, 3.8) is 0 Å². The van der Waals surface area contributed by atoms with Crippen molar-refractivity contribution in [2.75, 3.05) is 19.3 Å². The van der Waals surface area contributed by atoms with Gasteiger partial charge in [0.25, 0.3) is 11.8 Å². The van der Waals surface area contributed by atoms with E-state index in [1.165, 1.54) is 25.1 Å². The highest BCUT2D eigenvalue weighted by Crippen LogP contribution is 2.59. The van der Waals surface area contributed by atoms with Crippen LogP contribution in [0.15, 0.2) is 27.6 Å². The Morgan fingerprint density at radius 2 is 2.09 bits per heavy atom. The fourth-order valence-electron chi connectivity index (χ4n) is 4.39. The monoisotopic (exact) mass is 481 g/mol. The highest BCUT2D eigenvalue weighted by molar-refractivity contribution is 7.90. The van der Waals surface area contributed by atoms with Crippen LogP contribution in [0.2, 0.25) is 0 Å². The fourth-order valence-corrected chi connectivity index (χ4v) is 5.03. The summed E-state index contributed by atoms with van der Waals surface area (Å²) in [5, 5.41) is 4.08. The van der Waals surface area contributed by atoms with Crippen molar-refractivity contribution in [3.05, 3.63) is 35.5 Å². The van der Waals surface area contributed by atoms with Crippen molar-refractivity contribution < 1.29 is 31.3 Å². The number of hydrogen-bond donors (Lipinski definition) is 0. The normalized spacial score (nSPS) is 25.6. The Kier molecular flexibility index (Phi) is 4.86. The molecule has 2 aliphatic carbocycles. The highest BCUT2D eigenvalue weighted by Gasteiger charge is 2.65. The summed E-state index contributed by atoms with van der Waals surface area (Å²) in [6.07, 6.45) is 2.44. The third kappa shape index (κ3) is 4.00. The number of fused-ring (bicyclic) bond motifs is 1. The Labute approximate surface area is 190 Å². The van der Waals surface area contributed by atoms with Crippen LogP contribution in [-0.4, -0.2) is 60.7 Å².